The van der Waals surface area contributed by atoms with Crippen LogP contribution in [0.15, 0.2) is 0 Å². The zero-order chi connectivity index (χ0) is 10.3. The van der Waals surface area contributed by atoms with Gasteiger partial charge in [-0.25, -0.2) is 0 Å². The number of aliphatic hydroxyl groups excluding tert-OH is 1. The van der Waals surface area contributed by atoms with Crippen molar-refractivity contribution in [2.45, 2.75) is 25.4 Å². The molecule has 0 saturated carbocycles. The van der Waals surface area contributed by atoms with E-state index in [0.29, 0.717) is 19.4 Å². The average Bonchev–Trinajstić information content (AvgIpc) is 2.11. The van der Waals surface area contributed by atoms with E-state index in [-0.39, 0.29) is 19.1 Å². The number of amides is 1. The number of carbonyl (C=O) groups excluding carboxylic acids is 1. The first-order chi connectivity index (χ1) is 6.02. The zero-order valence-electron chi connectivity index (χ0n) is 7.92. The molecule has 0 spiro atoms. The third kappa shape index (κ3) is 6.51. The first kappa shape index (κ1) is 12.3. The van der Waals surface area contributed by atoms with E-state index in [1.54, 1.807) is 0 Å². The molecule has 1 unspecified atom stereocenters. The lowest BCUT2D eigenvalue weighted by atomic mass is 10.1. The third-order valence-corrected chi connectivity index (χ3v) is 1.61. The smallest absolute Gasteiger partial charge is 0.220 e. The van der Waals surface area contributed by atoms with Crippen LogP contribution in [0, 0.1) is 0 Å². The molecule has 13 heavy (non-hydrogen) atoms. The summed E-state index contributed by atoms with van der Waals surface area (Å²) in [6.07, 6.45) is 0.991. The van der Waals surface area contributed by atoms with Crippen LogP contribution in [0.2, 0.25) is 0 Å². The molecule has 1 amide bonds. The minimum Gasteiger partial charge on any atom is -0.393 e. The van der Waals surface area contributed by atoms with Crippen LogP contribution in [0.5, 0.6) is 0 Å². The van der Waals surface area contributed by atoms with E-state index in [1.165, 1.54) is 6.92 Å². The number of aliphatic hydroxyl groups is 2. The monoisotopic (exact) mass is 190 g/mol. The molecule has 78 valence electrons. The fourth-order valence-electron chi connectivity index (χ4n) is 0.696. The Hall–Kier alpha value is -0.650. The largest absolute Gasteiger partial charge is 0.393 e. The molecule has 5 heteroatoms. The lowest BCUT2D eigenvalue weighted by molar-refractivity contribution is -0.122. The maximum absolute atomic E-state index is 11.0. The van der Waals surface area contributed by atoms with Crippen molar-refractivity contribution in [2.24, 2.45) is 5.73 Å². The Labute approximate surface area is 77.9 Å². The molecule has 0 aliphatic heterocycles. The summed E-state index contributed by atoms with van der Waals surface area (Å²) >= 11 is 0. The molecule has 0 radical (unpaired) electrons. The summed E-state index contributed by atoms with van der Waals surface area (Å²) in [4.78, 5) is 11.0. The van der Waals surface area contributed by atoms with E-state index in [4.69, 9.17) is 10.8 Å². The van der Waals surface area contributed by atoms with Crippen LogP contribution in [0.3, 0.4) is 0 Å². The molecule has 0 aromatic carbocycles. The highest BCUT2D eigenvalue weighted by Crippen LogP contribution is 1.98. The molecule has 0 aromatic heterocycles. The summed E-state index contributed by atoms with van der Waals surface area (Å²) in [5.41, 5.74) is 3.98. The van der Waals surface area contributed by atoms with E-state index in [9.17, 15) is 9.90 Å². The molecule has 0 aliphatic rings. The van der Waals surface area contributed by atoms with Crippen LogP contribution in [0.25, 0.3) is 0 Å². The highest BCUT2D eigenvalue weighted by molar-refractivity contribution is 5.75. The Morgan fingerprint density at radius 2 is 2.23 bits per heavy atom. The molecule has 0 heterocycles. The standard InChI is InChI=1S/C8H18N2O3/c1-8(13,6-11)5-10-7(12)3-2-4-9/h11,13H,2-6,9H2,1H3,(H,10,12). The van der Waals surface area contributed by atoms with Crippen LogP contribution < -0.4 is 11.1 Å². The van der Waals surface area contributed by atoms with Crippen molar-refractivity contribution in [1.82, 2.24) is 5.32 Å². The summed E-state index contributed by atoms with van der Waals surface area (Å²) < 4.78 is 0. The van der Waals surface area contributed by atoms with Gasteiger partial charge in [0, 0.05) is 13.0 Å². The maximum atomic E-state index is 11.0. The van der Waals surface area contributed by atoms with Crippen LogP contribution in [0.4, 0.5) is 0 Å². The number of nitrogens with two attached hydrogens (primary N) is 1. The van der Waals surface area contributed by atoms with E-state index in [1.807, 2.05) is 0 Å². The second-order valence-corrected chi connectivity index (χ2v) is 3.32. The van der Waals surface area contributed by atoms with Crippen LogP contribution in [-0.2, 0) is 4.79 Å². The van der Waals surface area contributed by atoms with Gasteiger partial charge in [-0.3, -0.25) is 4.79 Å². The van der Waals surface area contributed by atoms with E-state index < -0.39 is 5.60 Å². The van der Waals surface area contributed by atoms with Crippen LogP contribution >= 0.6 is 0 Å². The first-order valence-electron chi connectivity index (χ1n) is 4.32. The molecule has 0 bridgehead atoms. The molecule has 1 atom stereocenters. The molecule has 5 nitrogen and oxygen atoms in total. The van der Waals surface area contributed by atoms with Gasteiger partial charge in [-0.05, 0) is 19.9 Å². The molecule has 0 rings (SSSR count). The topological polar surface area (TPSA) is 95.6 Å². The summed E-state index contributed by atoms with van der Waals surface area (Å²) in [5, 5.41) is 20.5. The predicted molar refractivity (Wildman–Crippen MR) is 49.0 cm³/mol. The fraction of sp³-hybridized carbons (Fsp3) is 0.875. The average molecular weight is 190 g/mol. The Kier molecular flexibility index (Phi) is 5.61. The highest BCUT2D eigenvalue weighted by atomic mass is 16.3. The van der Waals surface area contributed by atoms with Crippen molar-refractivity contribution in [3.8, 4) is 0 Å². The molecule has 0 aromatic rings. The summed E-state index contributed by atoms with van der Waals surface area (Å²) in [6.45, 7) is 1.62. The van der Waals surface area contributed by atoms with E-state index >= 15 is 0 Å². The summed E-state index contributed by atoms with van der Waals surface area (Å²) in [5.74, 6) is -0.154. The van der Waals surface area contributed by atoms with Gasteiger partial charge in [0.25, 0.3) is 0 Å². The lowest BCUT2D eigenvalue weighted by Crippen LogP contribution is -2.43. The Morgan fingerprint density at radius 3 is 2.69 bits per heavy atom. The molecular formula is C8H18N2O3. The Balaban J connectivity index is 3.57. The zero-order valence-corrected chi connectivity index (χ0v) is 7.92. The van der Waals surface area contributed by atoms with Crippen molar-refractivity contribution in [3.63, 3.8) is 0 Å². The quantitative estimate of drug-likeness (QED) is 0.413. The maximum Gasteiger partial charge on any atom is 0.220 e. The fourth-order valence-corrected chi connectivity index (χ4v) is 0.696. The molecular weight excluding hydrogens is 172 g/mol. The van der Waals surface area contributed by atoms with Crippen molar-refractivity contribution in [2.75, 3.05) is 19.7 Å². The van der Waals surface area contributed by atoms with Gasteiger partial charge in [0.2, 0.25) is 5.91 Å². The summed E-state index contributed by atoms with van der Waals surface area (Å²) in [7, 11) is 0. The predicted octanol–water partition coefficient (Wildman–Crippen LogP) is -1.42. The van der Waals surface area contributed by atoms with E-state index in [2.05, 4.69) is 5.32 Å². The number of hydrogen-bond acceptors (Lipinski definition) is 4. The van der Waals surface area contributed by atoms with Gasteiger partial charge < -0.3 is 21.3 Å². The Bertz CT molecular complexity index is 159. The normalized spacial score (nSPS) is 15.1. The second-order valence-electron chi connectivity index (χ2n) is 3.32. The number of hydrogen-bond donors (Lipinski definition) is 4. The van der Waals surface area contributed by atoms with Gasteiger partial charge in [0.1, 0.15) is 5.60 Å². The Morgan fingerprint density at radius 1 is 1.62 bits per heavy atom. The highest BCUT2D eigenvalue weighted by Gasteiger charge is 2.19. The minimum atomic E-state index is -1.24. The van der Waals surface area contributed by atoms with Crippen LogP contribution in [0.1, 0.15) is 19.8 Å². The SMILES string of the molecule is CC(O)(CO)CNC(=O)CCCN. The molecule has 5 N–H and O–H groups in total. The van der Waals surface area contributed by atoms with Crippen molar-refractivity contribution in [1.29, 1.82) is 0 Å². The molecule has 0 aliphatic carbocycles. The number of rotatable bonds is 6. The van der Waals surface area contributed by atoms with Gasteiger partial charge >= 0.3 is 0 Å². The minimum absolute atomic E-state index is 0.0624. The third-order valence-electron chi connectivity index (χ3n) is 1.61. The molecule has 0 fully saturated rings. The van der Waals surface area contributed by atoms with Gasteiger partial charge in [-0.2, -0.15) is 0 Å². The van der Waals surface area contributed by atoms with Crippen molar-refractivity contribution < 1.29 is 15.0 Å². The van der Waals surface area contributed by atoms with Gasteiger partial charge in [-0.15, -0.1) is 0 Å². The van der Waals surface area contributed by atoms with Crippen molar-refractivity contribution in [3.05, 3.63) is 0 Å². The first-order valence-corrected chi connectivity index (χ1v) is 4.32. The van der Waals surface area contributed by atoms with Crippen molar-refractivity contribution >= 4 is 5.91 Å². The van der Waals surface area contributed by atoms with Gasteiger partial charge in [0.15, 0.2) is 0 Å². The van der Waals surface area contributed by atoms with E-state index in [0.717, 1.165) is 0 Å². The second kappa shape index (κ2) is 5.90. The number of nitrogens with one attached hydrogen (secondary N) is 1. The molecule has 0 saturated heterocycles. The van der Waals surface area contributed by atoms with Crippen LogP contribution in [-0.4, -0.2) is 41.4 Å². The van der Waals surface area contributed by atoms with Gasteiger partial charge in [0.05, 0.1) is 6.61 Å². The lowest BCUT2D eigenvalue weighted by Gasteiger charge is -2.20. The number of carbonyl (C=O) groups is 1. The summed E-state index contributed by atoms with van der Waals surface area (Å²) in [6, 6.07) is 0. The van der Waals surface area contributed by atoms with Gasteiger partial charge in [-0.1, -0.05) is 0 Å².